The summed E-state index contributed by atoms with van der Waals surface area (Å²) in [6, 6.07) is 9.22. The van der Waals surface area contributed by atoms with Crippen molar-refractivity contribution in [2.45, 2.75) is 6.10 Å². The summed E-state index contributed by atoms with van der Waals surface area (Å²) in [6.07, 6.45) is 0.521. The first-order valence-corrected chi connectivity index (χ1v) is 5.28. The van der Waals surface area contributed by atoms with Crippen molar-refractivity contribution in [3.63, 3.8) is 0 Å². The molecule has 1 unspecified atom stereocenters. The Hall–Kier alpha value is -1.88. The van der Waals surface area contributed by atoms with E-state index in [2.05, 4.69) is 10.5 Å². The number of benzene rings is 1. The molecule has 5 heteroatoms. The van der Waals surface area contributed by atoms with Crippen LogP contribution < -0.4 is 5.32 Å². The minimum Gasteiger partial charge on any atom is -0.389 e. The third kappa shape index (κ3) is 3.04. The van der Waals surface area contributed by atoms with E-state index in [9.17, 15) is 4.39 Å². The Morgan fingerprint density at radius 3 is 3.00 bits per heavy atom. The van der Waals surface area contributed by atoms with Gasteiger partial charge >= 0.3 is 0 Å². The second-order valence-corrected chi connectivity index (χ2v) is 3.65. The number of halogens is 1. The third-order valence-corrected chi connectivity index (χ3v) is 2.32. The Morgan fingerprint density at radius 1 is 1.41 bits per heavy atom. The molecule has 0 bridgehead atoms. The molecular weight excluding hydrogens is 223 g/mol. The standard InChI is InChI=1S/C12H13FN2O2/c13-7-11(16)8-14-10-3-1-2-9(6-10)12-4-5-17-15-12/h1-6,11,14,16H,7-8H2. The lowest BCUT2D eigenvalue weighted by Crippen LogP contribution is -2.21. The summed E-state index contributed by atoms with van der Waals surface area (Å²) in [4.78, 5) is 0. The molecule has 0 radical (unpaired) electrons. The highest BCUT2D eigenvalue weighted by Crippen LogP contribution is 2.20. The summed E-state index contributed by atoms with van der Waals surface area (Å²) in [7, 11) is 0. The fourth-order valence-corrected chi connectivity index (χ4v) is 1.44. The molecule has 1 aromatic heterocycles. The molecule has 0 fully saturated rings. The molecule has 2 rings (SSSR count). The highest BCUT2D eigenvalue weighted by Gasteiger charge is 2.04. The van der Waals surface area contributed by atoms with Gasteiger partial charge in [0.2, 0.25) is 0 Å². The van der Waals surface area contributed by atoms with Gasteiger partial charge in [-0.2, -0.15) is 0 Å². The molecule has 0 amide bonds. The largest absolute Gasteiger partial charge is 0.389 e. The van der Waals surface area contributed by atoms with Crippen LogP contribution in [0.5, 0.6) is 0 Å². The van der Waals surface area contributed by atoms with Gasteiger partial charge in [0.25, 0.3) is 0 Å². The van der Waals surface area contributed by atoms with Crippen LogP contribution in [0, 0.1) is 0 Å². The first-order valence-electron chi connectivity index (χ1n) is 5.28. The molecule has 4 nitrogen and oxygen atoms in total. The van der Waals surface area contributed by atoms with Crippen LogP contribution in [-0.2, 0) is 0 Å². The minimum absolute atomic E-state index is 0.179. The summed E-state index contributed by atoms with van der Waals surface area (Å²) in [5.74, 6) is 0. The number of hydrogen-bond donors (Lipinski definition) is 2. The number of aliphatic hydroxyl groups excluding tert-OH is 1. The zero-order valence-electron chi connectivity index (χ0n) is 9.14. The Morgan fingerprint density at radius 2 is 2.29 bits per heavy atom. The lowest BCUT2D eigenvalue weighted by molar-refractivity contribution is 0.151. The van der Waals surface area contributed by atoms with Crippen LogP contribution in [0.25, 0.3) is 11.3 Å². The average Bonchev–Trinajstić information content (AvgIpc) is 2.90. The zero-order chi connectivity index (χ0) is 12.1. The lowest BCUT2D eigenvalue weighted by Gasteiger charge is -2.10. The van der Waals surface area contributed by atoms with E-state index in [-0.39, 0.29) is 6.54 Å². The van der Waals surface area contributed by atoms with E-state index in [0.29, 0.717) is 0 Å². The van der Waals surface area contributed by atoms with Gasteiger partial charge in [-0.3, -0.25) is 0 Å². The zero-order valence-corrected chi connectivity index (χ0v) is 9.14. The van der Waals surface area contributed by atoms with Crippen LogP contribution in [-0.4, -0.2) is 29.6 Å². The Bertz CT molecular complexity index is 459. The van der Waals surface area contributed by atoms with Crippen molar-refractivity contribution in [2.75, 3.05) is 18.5 Å². The van der Waals surface area contributed by atoms with E-state index in [4.69, 9.17) is 9.63 Å². The Balaban J connectivity index is 2.07. The first-order chi connectivity index (χ1) is 8.29. The SMILES string of the molecule is OC(CF)CNc1cccc(-c2ccon2)c1. The van der Waals surface area contributed by atoms with Crippen molar-refractivity contribution in [2.24, 2.45) is 0 Å². The predicted octanol–water partition coefficient (Wildman–Crippen LogP) is 2.08. The maximum Gasteiger partial charge on any atom is 0.124 e. The molecule has 0 saturated carbocycles. The molecule has 2 N–H and O–H groups in total. The van der Waals surface area contributed by atoms with Crippen molar-refractivity contribution in [3.8, 4) is 11.3 Å². The van der Waals surface area contributed by atoms with Gasteiger partial charge < -0.3 is 14.9 Å². The maximum atomic E-state index is 12.1. The van der Waals surface area contributed by atoms with Gasteiger partial charge in [-0.05, 0) is 12.1 Å². The molecule has 1 aromatic carbocycles. The van der Waals surface area contributed by atoms with E-state index in [1.807, 2.05) is 24.3 Å². The first kappa shape index (κ1) is 11.6. The summed E-state index contributed by atoms with van der Waals surface area (Å²) in [6.45, 7) is -0.575. The Kier molecular flexibility index (Phi) is 3.72. The molecule has 0 aliphatic heterocycles. The highest BCUT2D eigenvalue weighted by molar-refractivity contribution is 5.64. The second kappa shape index (κ2) is 5.45. The minimum atomic E-state index is -0.981. The van der Waals surface area contributed by atoms with Crippen LogP contribution >= 0.6 is 0 Å². The number of aliphatic hydroxyl groups is 1. The molecule has 0 saturated heterocycles. The molecule has 1 atom stereocenters. The molecule has 2 aromatic rings. The van der Waals surface area contributed by atoms with E-state index >= 15 is 0 Å². The monoisotopic (exact) mass is 236 g/mol. The molecule has 1 heterocycles. The van der Waals surface area contributed by atoms with Gasteiger partial charge in [0, 0.05) is 23.9 Å². The topological polar surface area (TPSA) is 58.3 Å². The molecular formula is C12H13FN2O2. The van der Waals surface area contributed by atoms with E-state index < -0.39 is 12.8 Å². The number of aromatic nitrogens is 1. The predicted molar refractivity (Wildman–Crippen MR) is 62.4 cm³/mol. The smallest absolute Gasteiger partial charge is 0.124 e. The van der Waals surface area contributed by atoms with Crippen molar-refractivity contribution < 1.29 is 14.0 Å². The molecule has 0 spiro atoms. The van der Waals surface area contributed by atoms with Crippen LogP contribution in [0.1, 0.15) is 0 Å². The third-order valence-electron chi connectivity index (χ3n) is 2.32. The van der Waals surface area contributed by atoms with E-state index in [1.54, 1.807) is 6.07 Å². The fraction of sp³-hybridized carbons (Fsp3) is 0.250. The molecule has 0 aliphatic carbocycles. The summed E-state index contributed by atoms with van der Waals surface area (Å²) in [5.41, 5.74) is 2.44. The molecule has 17 heavy (non-hydrogen) atoms. The fourth-order valence-electron chi connectivity index (χ4n) is 1.44. The second-order valence-electron chi connectivity index (χ2n) is 3.65. The summed E-state index contributed by atoms with van der Waals surface area (Å²) in [5, 5.41) is 15.9. The Labute approximate surface area is 98.1 Å². The van der Waals surface area contributed by atoms with E-state index in [1.165, 1.54) is 6.26 Å². The molecule has 0 aliphatic rings. The van der Waals surface area contributed by atoms with Crippen LogP contribution in [0.4, 0.5) is 10.1 Å². The van der Waals surface area contributed by atoms with Gasteiger partial charge in [0.05, 0.1) is 6.10 Å². The highest BCUT2D eigenvalue weighted by atomic mass is 19.1. The normalized spacial score (nSPS) is 12.4. The number of nitrogens with zero attached hydrogens (tertiary/aromatic N) is 1. The van der Waals surface area contributed by atoms with Crippen LogP contribution in [0.2, 0.25) is 0 Å². The van der Waals surface area contributed by atoms with Crippen molar-refractivity contribution in [1.82, 2.24) is 5.16 Å². The van der Waals surface area contributed by atoms with Crippen molar-refractivity contribution in [1.29, 1.82) is 0 Å². The number of hydrogen-bond acceptors (Lipinski definition) is 4. The average molecular weight is 236 g/mol. The van der Waals surface area contributed by atoms with Crippen molar-refractivity contribution >= 4 is 5.69 Å². The van der Waals surface area contributed by atoms with E-state index in [0.717, 1.165) is 16.9 Å². The van der Waals surface area contributed by atoms with Gasteiger partial charge in [-0.25, -0.2) is 4.39 Å². The summed E-state index contributed by atoms with van der Waals surface area (Å²) < 4.78 is 16.8. The van der Waals surface area contributed by atoms with Gasteiger partial charge in [0.15, 0.2) is 0 Å². The van der Waals surface area contributed by atoms with Gasteiger partial charge in [-0.1, -0.05) is 17.3 Å². The number of rotatable bonds is 5. The van der Waals surface area contributed by atoms with Crippen LogP contribution in [0.3, 0.4) is 0 Å². The maximum absolute atomic E-state index is 12.1. The van der Waals surface area contributed by atoms with Gasteiger partial charge in [0.1, 0.15) is 18.6 Å². The van der Waals surface area contributed by atoms with Crippen LogP contribution in [0.15, 0.2) is 41.1 Å². The van der Waals surface area contributed by atoms with Crippen molar-refractivity contribution in [3.05, 3.63) is 36.6 Å². The number of nitrogens with one attached hydrogen (secondary N) is 1. The number of alkyl halides is 1. The lowest BCUT2D eigenvalue weighted by atomic mass is 10.1. The molecule has 90 valence electrons. The quantitative estimate of drug-likeness (QED) is 0.834. The summed E-state index contributed by atoms with van der Waals surface area (Å²) >= 11 is 0. The number of anilines is 1. The van der Waals surface area contributed by atoms with Gasteiger partial charge in [-0.15, -0.1) is 0 Å².